The van der Waals surface area contributed by atoms with Crippen LogP contribution in [0.5, 0.6) is 0 Å². The van der Waals surface area contributed by atoms with Crippen LogP contribution in [0.2, 0.25) is 175 Å². The summed E-state index contributed by atoms with van der Waals surface area (Å²) in [6.45, 7) is 70.9. The zero-order valence-corrected chi connectivity index (χ0v) is 76.8. The summed E-state index contributed by atoms with van der Waals surface area (Å²) in [5.41, 5.74) is -3.86. The first-order chi connectivity index (χ1) is 41.5. The lowest BCUT2D eigenvalue weighted by molar-refractivity contribution is -0.139. The third-order valence-corrected chi connectivity index (χ3v) is 62.7. The molecule has 2 rings (SSSR count). The Bertz CT molecular complexity index is 2340. The maximum Gasteiger partial charge on any atom is 0.522 e. The molecule has 0 amide bonds. The summed E-state index contributed by atoms with van der Waals surface area (Å²) < 4.78 is 151. The number of hydrogen-bond acceptors (Lipinski definition) is 22. The summed E-state index contributed by atoms with van der Waals surface area (Å²) in [5.74, 6) is -1.36. The number of alkyl halides is 3. The Kier molecular flexibility index (Phi) is 43.9. The minimum Gasteiger partial charge on any atom is -0.462 e. The van der Waals surface area contributed by atoms with Crippen molar-refractivity contribution in [2.75, 3.05) is 26.4 Å². The molecule has 2 heterocycles. The monoisotopic (exact) mass is 1590 g/mol. The van der Waals surface area contributed by atoms with Crippen LogP contribution in [0.3, 0.4) is 0 Å². The van der Waals surface area contributed by atoms with Gasteiger partial charge in [-0.15, -0.1) is 0 Å². The molecule has 0 aliphatic carbocycles. The van der Waals surface area contributed by atoms with Crippen molar-refractivity contribution in [3.8, 4) is 0 Å². The molecule has 1 unspecified atom stereocenters. The van der Waals surface area contributed by atoms with E-state index in [1.807, 2.05) is 26.2 Å². The van der Waals surface area contributed by atoms with E-state index in [-0.39, 0.29) is 23.9 Å². The van der Waals surface area contributed by atoms with Gasteiger partial charge in [-0.1, -0.05) is 26.3 Å². The molecule has 0 aromatic rings. The molecule has 2 aliphatic rings. The molecule has 2 fully saturated rings. The maximum absolute atomic E-state index is 11.5. The van der Waals surface area contributed by atoms with Gasteiger partial charge in [-0.25, -0.2) is 19.2 Å². The van der Waals surface area contributed by atoms with Crippen molar-refractivity contribution in [1.29, 1.82) is 0 Å². The molecule has 23 nitrogen and oxygen atoms in total. The summed E-state index contributed by atoms with van der Waals surface area (Å²) in [5, 5.41) is 0. The zero-order chi connectivity index (χ0) is 73.8. The minimum absolute atomic E-state index is 0.334. The van der Waals surface area contributed by atoms with Gasteiger partial charge in [-0.2, -0.15) is 21.6 Å². The van der Waals surface area contributed by atoms with Crippen molar-refractivity contribution in [2.45, 2.75) is 234 Å². The molecular formula is C52H119F3O23SSi14. The Hall–Kier alpha value is -0.904. The Labute approximate surface area is 574 Å². The molecule has 93 heavy (non-hydrogen) atoms. The number of rotatable bonds is 28. The lowest BCUT2D eigenvalue weighted by atomic mass is 10.4. The van der Waals surface area contributed by atoms with Gasteiger partial charge in [0.2, 0.25) is 0 Å². The molecule has 548 valence electrons. The van der Waals surface area contributed by atoms with Crippen LogP contribution in [-0.2, 0) is 97.6 Å². The van der Waals surface area contributed by atoms with E-state index in [0.29, 0.717) is 48.7 Å². The summed E-state index contributed by atoms with van der Waals surface area (Å²) >= 11 is 0. The predicted octanol–water partition coefficient (Wildman–Crippen LogP) is 12.2. The van der Waals surface area contributed by atoms with E-state index in [1.54, 1.807) is 27.7 Å². The summed E-state index contributed by atoms with van der Waals surface area (Å²) in [4.78, 5) is 45.7. The van der Waals surface area contributed by atoms with Crippen LogP contribution in [-0.4, -0.2) is 191 Å². The van der Waals surface area contributed by atoms with Gasteiger partial charge in [0, 0.05) is 22.3 Å². The first-order valence-corrected chi connectivity index (χ1v) is 69.5. The van der Waals surface area contributed by atoms with E-state index in [1.165, 1.54) is 0 Å². The Morgan fingerprint density at radius 1 is 0.452 bits per heavy atom. The standard InChI is InChI=1S/C21H44O7Si4.C18H34O5Si2.C8H24O4Si4.C4H16O4Si4.CHF3O3S/c1-18(2)20(22)24-14-12-16-30(6,7)26-29(5)27-32(10,11)28-31(8,9)17-13-15-25-21(23)19(3)4;1-15(2)17(19)21-11-9-13-24(5,6)23-25(7,8)14-10-12-22-18(20)16(3)4;1-13(2)9-14(3,4)11-16(7,8)12-15(5,6)10-13;1-9-5-10(2)7-12(4)8-11(3)6-9;2-1(3,4)8(5,6)7/h29H,1,3,12-17H2,2,4-11H3;1,3,9-14H2,2,4-8H3;1-8H3;9-12H,1-4H3;(H,5,6,7). The highest BCUT2D eigenvalue weighted by molar-refractivity contribution is 7.86. The lowest BCUT2D eigenvalue weighted by Crippen LogP contribution is -2.64. The van der Waals surface area contributed by atoms with E-state index in [4.69, 9.17) is 81.3 Å². The van der Waals surface area contributed by atoms with Crippen LogP contribution in [0.1, 0.15) is 53.4 Å². The van der Waals surface area contributed by atoms with Crippen molar-refractivity contribution >= 4 is 156 Å². The molecule has 1 atom stereocenters. The van der Waals surface area contributed by atoms with Gasteiger partial charge >= 0.3 is 82.3 Å². The van der Waals surface area contributed by atoms with E-state index >= 15 is 0 Å². The van der Waals surface area contributed by atoms with Gasteiger partial charge in [-0.3, -0.25) is 4.55 Å². The molecule has 41 heteroatoms. The van der Waals surface area contributed by atoms with Crippen LogP contribution in [0.25, 0.3) is 0 Å². The molecule has 0 spiro atoms. The predicted molar refractivity (Wildman–Crippen MR) is 394 cm³/mol. The second kappa shape index (κ2) is 42.4. The van der Waals surface area contributed by atoms with Gasteiger partial charge < -0.3 is 68.3 Å². The minimum atomic E-state index is -5.84. The normalized spacial score (nSPS) is 20.2. The van der Waals surface area contributed by atoms with Gasteiger partial charge in [0.15, 0.2) is 33.3 Å². The molecule has 0 saturated carbocycles. The molecule has 2 saturated heterocycles. The Morgan fingerprint density at radius 3 is 0.860 bits per heavy atom. The molecule has 2 aliphatic heterocycles. The highest BCUT2D eigenvalue weighted by Gasteiger charge is 2.51. The average molecular weight is 1590 g/mol. The summed E-state index contributed by atoms with van der Waals surface area (Å²) in [6.07, 6.45) is 3.15. The van der Waals surface area contributed by atoms with Gasteiger partial charge in [0.1, 0.15) is 0 Å². The number of esters is 4. The van der Waals surface area contributed by atoms with Crippen LogP contribution < -0.4 is 0 Å². The molecular weight excluding hydrogens is 1470 g/mol. The zero-order valence-electron chi connectivity index (χ0n) is 61.2. The third-order valence-electron chi connectivity index (χ3n) is 11.8. The number of carbonyl (C=O) groups is 4. The first-order valence-electron chi connectivity index (χ1n) is 31.0. The smallest absolute Gasteiger partial charge is 0.462 e. The van der Waals surface area contributed by atoms with Gasteiger partial charge in [0.05, 0.1) is 26.4 Å². The van der Waals surface area contributed by atoms with Crippen LogP contribution >= 0.6 is 0 Å². The highest BCUT2D eigenvalue weighted by Crippen LogP contribution is 2.31. The van der Waals surface area contributed by atoms with Gasteiger partial charge in [-0.05, 0) is 228 Å². The highest BCUT2D eigenvalue weighted by atomic mass is 32.2. The second-order valence-electron chi connectivity index (χ2n) is 27.3. The van der Waals surface area contributed by atoms with Crippen molar-refractivity contribution < 1.29 is 114 Å². The second-order valence-corrected chi connectivity index (χ2v) is 75.6. The van der Waals surface area contributed by atoms with Crippen LogP contribution in [0.4, 0.5) is 13.2 Å². The molecule has 0 bridgehead atoms. The maximum atomic E-state index is 11.5. The van der Waals surface area contributed by atoms with Crippen LogP contribution in [0.15, 0.2) is 48.6 Å². The van der Waals surface area contributed by atoms with E-state index < -0.39 is 138 Å². The van der Waals surface area contributed by atoms with Crippen molar-refractivity contribution in [2.24, 2.45) is 0 Å². The number of hydrogen-bond donors (Lipinski definition) is 1. The summed E-state index contributed by atoms with van der Waals surface area (Å²) in [6, 6.07) is 3.66. The Balaban J connectivity index is -0.00000117. The fraction of sp³-hybridized carbons (Fsp3) is 0.769. The summed E-state index contributed by atoms with van der Waals surface area (Å²) in [7, 11) is -31.7. The first kappa shape index (κ1) is 96.3. The molecule has 1 N–H and O–H groups in total. The van der Waals surface area contributed by atoms with E-state index in [0.717, 1.165) is 49.9 Å². The van der Waals surface area contributed by atoms with E-state index in [2.05, 4.69) is 151 Å². The SMILES string of the molecule is C=C(C)C(=O)OCCC[Si](C)(C)O[SiH](C)O[Si](C)(C)O[Si](C)(C)CCCOC(=O)C(=C)C.C=C(C)C(=O)OCCC[Si](C)(C)O[Si](C)(C)CCCOC(=O)C(=C)C.C[SiH]1O[SiH](C)O[SiH](C)O[SiH](C)O1.C[Si]1(C)O[Si](C)(C)O[Si](C)(C)O[Si](C)(C)O1.O=S(=O)(O)C(F)(F)F. The fourth-order valence-electron chi connectivity index (χ4n) is 9.33. The molecule has 0 aromatic carbocycles. The number of ether oxygens (including phenoxy) is 4. The van der Waals surface area contributed by atoms with E-state index in [9.17, 15) is 32.3 Å². The average Bonchev–Trinajstić information content (AvgIpc) is 0.798. The molecule has 0 aromatic heterocycles. The number of carbonyl (C=O) groups excluding carboxylic acids is 4. The van der Waals surface area contributed by atoms with Gasteiger partial charge in [0.25, 0.3) is 46.4 Å². The lowest BCUT2D eigenvalue weighted by Gasteiger charge is -2.46. The molecule has 0 radical (unpaired) electrons. The fourth-order valence-corrected chi connectivity index (χ4v) is 67.4. The van der Waals surface area contributed by atoms with Crippen LogP contribution in [0, 0.1) is 0 Å². The van der Waals surface area contributed by atoms with Crippen molar-refractivity contribution in [3.63, 3.8) is 0 Å². The number of halogens is 3. The quantitative estimate of drug-likeness (QED) is 0.0145. The largest absolute Gasteiger partial charge is 0.522 e. The Morgan fingerprint density at radius 2 is 0.656 bits per heavy atom. The topological polar surface area (TPSA) is 270 Å². The van der Waals surface area contributed by atoms with Crippen molar-refractivity contribution in [1.82, 2.24) is 0 Å². The third kappa shape index (κ3) is 51.8. The van der Waals surface area contributed by atoms with Crippen molar-refractivity contribution in [3.05, 3.63) is 48.6 Å².